The molecule has 7 fully saturated rings. The average molecular weight is 1890 g/mol. The minimum atomic E-state index is -1.05. The topological polar surface area (TPSA) is 208 Å². The van der Waals surface area contributed by atoms with Gasteiger partial charge in [0, 0.05) is 141 Å². The van der Waals surface area contributed by atoms with Crippen molar-refractivity contribution in [2.75, 3.05) is 188 Å². The first kappa shape index (κ1) is 93.8. The van der Waals surface area contributed by atoms with Crippen LogP contribution in [-0.2, 0) is 53.3 Å². The van der Waals surface area contributed by atoms with E-state index in [9.17, 15) is 36.3 Å². The van der Waals surface area contributed by atoms with Gasteiger partial charge in [0.05, 0.1) is 57.3 Å². The highest BCUT2D eigenvalue weighted by atomic mass is 35.5. The highest BCUT2D eigenvalue weighted by molar-refractivity contribution is 6.46. The van der Waals surface area contributed by atoms with Crippen molar-refractivity contribution in [3.63, 3.8) is 0 Å². The number of carbonyl (C=O) groups excluding carboxylic acids is 3. The first-order chi connectivity index (χ1) is 64.8. The zero-order valence-corrected chi connectivity index (χ0v) is 77.1. The van der Waals surface area contributed by atoms with E-state index >= 15 is 4.39 Å². The fraction of sp³-hybridized carbons (Fsp3) is 0.449. The summed E-state index contributed by atoms with van der Waals surface area (Å²) in [5.74, 6) is -5.58. The number of rotatable bonds is 21. The summed E-state index contributed by atoms with van der Waals surface area (Å²) in [4.78, 5) is 101. The Hall–Kier alpha value is -12.0. The summed E-state index contributed by atoms with van der Waals surface area (Å²) in [6.45, 7) is 43.6. The molecule has 6 aromatic carbocycles. The van der Waals surface area contributed by atoms with Gasteiger partial charge in [-0.2, -0.15) is 29.9 Å². The molecule has 3 amide bonds. The number of hydrogen-bond acceptors (Lipinski definition) is 21. The van der Waals surface area contributed by atoms with Crippen LogP contribution in [0.25, 0.3) is 46.9 Å². The van der Waals surface area contributed by atoms with Gasteiger partial charge in [0.25, 0.3) is 17.7 Å². The fourth-order valence-electron chi connectivity index (χ4n) is 21.0. The molecule has 0 spiro atoms. The van der Waals surface area contributed by atoms with Crippen LogP contribution in [0.2, 0.25) is 15.1 Å². The van der Waals surface area contributed by atoms with Crippen LogP contribution >= 0.6 is 34.8 Å². The molecule has 36 heteroatoms. The summed E-state index contributed by atoms with van der Waals surface area (Å²) < 4.78 is 104. The Kier molecular flexibility index (Phi) is 28.4. The maximum atomic E-state index is 15.1. The lowest BCUT2D eigenvalue weighted by Crippen LogP contribution is -2.57. The second-order valence-corrected chi connectivity index (χ2v) is 37.1. The van der Waals surface area contributed by atoms with Gasteiger partial charge in [-0.25, -0.2) is 46.1 Å². The number of anilines is 6. The van der Waals surface area contributed by atoms with Gasteiger partial charge in [-0.05, 0) is 163 Å². The highest BCUT2D eigenvalue weighted by Gasteiger charge is 2.47. The summed E-state index contributed by atoms with van der Waals surface area (Å²) in [7, 11) is 4.17. The molecular formula is C98H104Cl3F6N21O6. The van der Waals surface area contributed by atoms with Crippen LogP contribution in [-0.4, -0.2) is 271 Å². The summed E-state index contributed by atoms with van der Waals surface area (Å²) in [5, 5.41) is 5.38. The predicted octanol–water partition coefficient (Wildman–Crippen LogP) is 15.2. The molecule has 9 aromatic rings. The molecule has 0 aliphatic carbocycles. The number of benzene rings is 6. The number of piperazine rings is 3. The van der Waals surface area contributed by atoms with E-state index in [1.54, 1.807) is 24.3 Å². The monoisotopic (exact) mass is 1890 g/mol. The average Bonchev–Trinajstić information content (AvgIpc) is 0.877. The van der Waals surface area contributed by atoms with Crippen molar-refractivity contribution in [1.29, 1.82) is 0 Å². The van der Waals surface area contributed by atoms with E-state index in [-0.39, 0.29) is 73.8 Å². The number of amides is 3. The molecule has 0 bridgehead atoms. The maximum absolute atomic E-state index is 15.1. The Morgan fingerprint density at radius 3 is 1.19 bits per heavy atom. The van der Waals surface area contributed by atoms with Crippen LogP contribution in [0.1, 0.15) is 85.1 Å². The van der Waals surface area contributed by atoms with Gasteiger partial charge in [-0.1, -0.05) is 109 Å². The van der Waals surface area contributed by atoms with Crippen LogP contribution in [0, 0.1) is 37.2 Å². The van der Waals surface area contributed by atoms with Crippen molar-refractivity contribution in [1.82, 2.24) is 59.3 Å². The number of hydrogen-bond donors (Lipinski definition) is 0. The van der Waals surface area contributed by atoms with E-state index in [0.29, 0.717) is 167 Å². The molecule has 10 aliphatic rings. The van der Waals surface area contributed by atoms with Gasteiger partial charge in [0.15, 0.2) is 29.1 Å². The molecule has 0 N–H and O–H groups in total. The smallest absolute Gasteiger partial charge is 0.318 e. The Labute approximate surface area is 789 Å². The summed E-state index contributed by atoms with van der Waals surface area (Å²) in [6, 6.07) is 26.7. The third-order valence-electron chi connectivity index (χ3n) is 28.0. The number of fused-ring (bicyclic) bond motifs is 7. The number of ether oxygens (including phenoxy) is 3. The van der Waals surface area contributed by atoms with Gasteiger partial charge in [-0.3, -0.25) is 19.3 Å². The molecule has 10 aliphatic heterocycles. The van der Waals surface area contributed by atoms with Crippen LogP contribution in [0.3, 0.4) is 0 Å². The van der Waals surface area contributed by atoms with Gasteiger partial charge in [0.2, 0.25) is 19.6 Å². The van der Waals surface area contributed by atoms with Crippen LogP contribution in [0.5, 0.6) is 18.0 Å². The molecule has 13 heterocycles. The molecule has 0 radical (unpaired) electrons. The Balaban J connectivity index is 0.000000140. The maximum Gasteiger partial charge on any atom is 0.318 e. The van der Waals surface area contributed by atoms with E-state index in [2.05, 4.69) is 88.7 Å². The van der Waals surface area contributed by atoms with Crippen molar-refractivity contribution < 1.29 is 54.9 Å². The van der Waals surface area contributed by atoms with Crippen molar-refractivity contribution in [2.24, 2.45) is 0 Å². The minimum Gasteiger partial charge on any atom is -0.462 e. The molecule has 27 nitrogen and oxygen atoms in total. The lowest BCUT2D eigenvalue weighted by molar-refractivity contribution is -0.131. The van der Waals surface area contributed by atoms with Crippen LogP contribution in [0.4, 0.5) is 60.9 Å². The molecule has 3 aromatic heterocycles. The third-order valence-corrected chi connectivity index (χ3v) is 29.2. The minimum absolute atomic E-state index is 0.0106. The SMILES string of the molecule is [C-]#[N+]C[C@H]1CN(c2nc(OCC34CCCN3CCC4)nc3c2CCN(c2cccc4ccc(F)c(Cl)c24)C3)CCN1C(=O)C(=C)F.[C-]#[N+]C[C@H]1CN(c2nc(OC[C@@H]3CCCN3C)nc3c2CCN(c2cccc4ccc(Cl)c(Cl)c24)C3)CCN1C(=O)C(=C)F.[C-]#[N+]C[C@H]1CN(c2nc(OC[C@@H]3CCCN3C)nc3c2CCN(c2cccc4ccc(F)c(F)c24)C3)CCN1C(=O)C(=C)F. The number of likely N-dealkylation sites (N-methyl/N-ethyl adjacent to an activating group) is 2. The van der Waals surface area contributed by atoms with Gasteiger partial charge < -0.3 is 82.6 Å². The first-order valence-corrected chi connectivity index (χ1v) is 46.7. The second kappa shape index (κ2) is 40.6. The van der Waals surface area contributed by atoms with E-state index in [1.807, 2.05) is 58.3 Å². The first-order valence-electron chi connectivity index (χ1n) is 45.6. The lowest BCUT2D eigenvalue weighted by Gasteiger charge is -2.41. The van der Waals surface area contributed by atoms with Crippen molar-refractivity contribution in [2.45, 2.75) is 126 Å². The van der Waals surface area contributed by atoms with Gasteiger partial charge in [0.1, 0.15) is 61.2 Å². The summed E-state index contributed by atoms with van der Waals surface area (Å²) in [6.07, 6.45) is 10.6. The number of carbonyl (C=O) groups is 3. The molecule has 7 saturated heterocycles. The quantitative estimate of drug-likeness (QED) is 0.0372. The largest absolute Gasteiger partial charge is 0.462 e. The van der Waals surface area contributed by atoms with Crippen molar-refractivity contribution >= 4 is 119 Å². The third kappa shape index (κ3) is 19.4. The zero-order chi connectivity index (χ0) is 93.9. The second-order valence-electron chi connectivity index (χ2n) is 35.9. The van der Waals surface area contributed by atoms with Crippen LogP contribution in [0.15, 0.2) is 128 Å². The number of nitrogens with zero attached hydrogens (tertiary/aromatic N) is 21. The number of halogens is 9. The Morgan fingerprint density at radius 2 is 0.806 bits per heavy atom. The molecule has 19 rings (SSSR count). The van der Waals surface area contributed by atoms with Crippen molar-refractivity contribution in [3.8, 4) is 18.0 Å². The molecule has 0 saturated carbocycles. The fourth-order valence-corrected chi connectivity index (χ4v) is 21.7. The van der Waals surface area contributed by atoms with E-state index < -0.39 is 70.8 Å². The number of aromatic nitrogens is 6. The van der Waals surface area contributed by atoms with Crippen molar-refractivity contribution in [3.05, 3.63) is 229 Å². The standard InChI is InChI=1S/C34H36ClF2N7O2.C32H34Cl2FN7O2.C32H34F3N7O2/c1-22(36)32(45)44-17-16-42(19-24(44)18-38-2)31-25-10-15-41(28-7-3-6-23-8-9-26(37)30(35)29(23)28)20-27(25)39-33(40-31)46-21-34-11-4-13-43(34)14-5-12-34;1-20(35)31(43)42-15-14-41(17-23(42)16-36-2)30-24-11-13-40(27-8-4-6-21-9-10-25(33)29(34)28(21)27)18-26(24)37-32(38-30)44-19-22-7-5-12-39(22)3;1-20(33)31(43)42-15-14-41(17-23(42)16-36-2)30-24-11-13-40(27-8-4-6-21-9-10-25(34)29(35)28(21)27)18-26(24)37-32(38-30)44-19-22-7-5-12-39(22)3/h3,6-9,24H,1,4-5,10-21H2;2*4,6,8-10,22-23H,1,5,7,11-19H2,3H3/t24-;2*22-,23-/m000/s1. The van der Waals surface area contributed by atoms with Crippen LogP contribution < -0.4 is 43.6 Å². The Bertz CT molecular complexity index is 5950. The van der Waals surface area contributed by atoms with Gasteiger partial charge in [-0.15, -0.1) is 0 Å². The molecule has 134 heavy (non-hydrogen) atoms. The summed E-state index contributed by atoms with van der Waals surface area (Å²) in [5.41, 5.74) is 7.64. The molecular weight excluding hydrogens is 1790 g/mol. The Morgan fingerprint density at radius 1 is 0.433 bits per heavy atom. The predicted molar refractivity (Wildman–Crippen MR) is 506 cm³/mol. The molecule has 700 valence electrons. The normalized spacial score (nSPS) is 20.6. The van der Waals surface area contributed by atoms with E-state index in [1.165, 1.54) is 20.8 Å². The lowest BCUT2D eigenvalue weighted by atomic mass is 9.95. The van der Waals surface area contributed by atoms with E-state index in [0.717, 1.165) is 151 Å². The molecule has 5 atom stereocenters. The molecule has 0 unspecified atom stereocenters. The summed E-state index contributed by atoms with van der Waals surface area (Å²) >= 11 is 19.6. The zero-order valence-electron chi connectivity index (χ0n) is 74.9. The van der Waals surface area contributed by atoms with E-state index in [4.69, 9.17) is 98.6 Å². The number of likely N-dealkylation sites (tertiary alicyclic amines) is 2. The highest BCUT2D eigenvalue weighted by Crippen LogP contribution is 2.45. The van der Waals surface area contributed by atoms with Gasteiger partial charge >= 0.3 is 18.0 Å².